The average Bonchev–Trinajstić information content (AvgIpc) is 2.65. The van der Waals surface area contributed by atoms with E-state index in [9.17, 15) is 9.59 Å². The van der Waals surface area contributed by atoms with Crippen LogP contribution in [0.15, 0.2) is 65.9 Å². The van der Waals surface area contributed by atoms with Gasteiger partial charge in [0.05, 0.1) is 0 Å². The van der Waals surface area contributed by atoms with Crippen LogP contribution in [0, 0.1) is 5.41 Å². The number of hydrogen-bond acceptors (Lipinski definition) is 3. The monoisotopic (exact) mass is 375 g/mol. The van der Waals surface area contributed by atoms with E-state index >= 15 is 0 Å². The van der Waals surface area contributed by atoms with Gasteiger partial charge < -0.3 is 10.1 Å². The normalized spacial score (nSPS) is 21.1. The van der Waals surface area contributed by atoms with E-state index in [1.54, 1.807) is 0 Å². The molecule has 1 aliphatic carbocycles. The highest BCUT2D eigenvalue weighted by atomic mass is 16.5. The van der Waals surface area contributed by atoms with E-state index in [4.69, 9.17) is 4.74 Å². The Balaban J connectivity index is 1.61. The summed E-state index contributed by atoms with van der Waals surface area (Å²) < 4.78 is 5.94. The first-order valence-corrected chi connectivity index (χ1v) is 9.74. The Morgan fingerprint density at radius 2 is 1.82 bits per heavy atom. The molecule has 4 nitrogen and oxygen atoms in total. The SMILES string of the molecule is CC1(C)CC(=O)C2=C(C1)NC(=O)C[C@H]2c1cccc(OCc2ccccc2)c1. The van der Waals surface area contributed by atoms with Crippen LogP contribution in [0.1, 0.15) is 50.2 Å². The molecule has 0 fully saturated rings. The Kier molecular flexibility index (Phi) is 4.80. The van der Waals surface area contributed by atoms with Crippen LogP contribution in [0.5, 0.6) is 5.75 Å². The molecule has 1 aliphatic heterocycles. The zero-order chi connectivity index (χ0) is 19.7. The van der Waals surface area contributed by atoms with Gasteiger partial charge in [0.25, 0.3) is 0 Å². The van der Waals surface area contributed by atoms with Crippen molar-refractivity contribution in [1.82, 2.24) is 5.32 Å². The number of carbonyl (C=O) groups excluding carboxylic acids is 2. The van der Waals surface area contributed by atoms with Crippen molar-refractivity contribution in [3.63, 3.8) is 0 Å². The molecule has 0 saturated carbocycles. The number of amides is 1. The van der Waals surface area contributed by atoms with E-state index in [0.717, 1.165) is 34.6 Å². The van der Waals surface area contributed by atoms with Crippen LogP contribution < -0.4 is 10.1 Å². The van der Waals surface area contributed by atoms with Crippen molar-refractivity contribution in [3.05, 3.63) is 77.0 Å². The van der Waals surface area contributed by atoms with Crippen molar-refractivity contribution in [3.8, 4) is 5.75 Å². The summed E-state index contributed by atoms with van der Waals surface area (Å²) in [6.45, 7) is 4.63. The van der Waals surface area contributed by atoms with Crippen LogP contribution >= 0.6 is 0 Å². The van der Waals surface area contributed by atoms with E-state index in [2.05, 4.69) is 19.2 Å². The van der Waals surface area contributed by atoms with Gasteiger partial charge >= 0.3 is 0 Å². The van der Waals surface area contributed by atoms with Gasteiger partial charge in [-0.3, -0.25) is 9.59 Å². The second-order valence-corrected chi connectivity index (χ2v) is 8.48. The molecule has 144 valence electrons. The molecule has 1 atom stereocenters. The minimum Gasteiger partial charge on any atom is -0.489 e. The highest BCUT2D eigenvalue weighted by Crippen LogP contribution is 2.44. The number of rotatable bonds is 4. The van der Waals surface area contributed by atoms with Gasteiger partial charge in [-0.25, -0.2) is 0 Å². The Morgan fingerprint density at radius 3 is 2.61 bits per heavy atom. The number of nitrogens with one attached hydrogen (secondary N) is 1. The predicted octanol–water partition coefficient (Wildman–Crippen LogP) is 4.51. The molecule has 1 heterocycles. The van der Waals surface area contributed by atoms with Crippen molar-refractivity contribution in [2.24, 2.45) is 5.41 Å². The van der Waals surface area contributed by atoms with Crippen molar-refractivity contribution in [2.75, 3.05) is 0 Å². The molecule has 0 aromatic heterocycles. The summed E-state index contributed by atoms with van der Waals surface area (Å²) in [5, 5.41) is 2.95. The molecule has 2 aromatic rings. The maximum Gasteiger partial charge on any atom is 0.225 e. The third-order valence-corrected chi connectivity index (χ3v) is 5.46. The maximum absolute atomic E-state index is 12.9. The lowest BCUT2D eigenvalue weighted by Gasteiger charge is -2.37. The first-order valence-electron chi connectivity index (χ1n) is 9.74. The van der Waals surface area contributed by atoms with E-state index in [1.807, 2.05) is 54.6 Å². The summed E-state index contributed by atoms with van der Waals surface area (Å²) >= 11 is 0. The third-order valence-electron chi connectivity index (χ3n) is 5.46. The fraction of sp³-hybridized carbons (Fsp3) is 0.333. The fourth-order valence-electron chi connectivity index (χ4n) is 4.20. The highest BCUT2D eigenvalue weighted by Gasteiger charge is 2.40. The lowest BCUT2D eigenvalue weighted by Crippen LogP contribution is -2.40. The standard InChI is InChI=1S/C24H25NO3/c1-24(2)13-20-23(21(26)14-24)19(12-22(27)25-20)17-9-6-10-18(11-17)28-15-16-7-4-3-5-8-16/h3-11,19H,12-15H2,1-2H3,(H,25,27)/t19-/m0/s1. The summed E-state index contributed by atoms with van der Waals surface area (Å²) in [6.07, 6.45) is 1.54. The highest BCUT2D eigenvalue weighted by molar-refractivity contribution is 6.02. The third kappa shape index (κ3) is 3.86. The zero-order valence-electron chi connectivity index (χ0n) is 16.3. The molecule has 1 amide bonds. The van der Waals surface area contributed by atoms with Gasteiger partial charge in [0.2, 0.25) is 5.91 Å². The van der Waals surface area contributed by atoms with Crippen LogP contribution in [0.2, 0.25) is 0 Å². The van der Waals surface area contributed by atoms with Crippen LogP contribution in [-0.2, 0) is 16.2 Å². The van der Waals surface area contributed by atoms with Crippen molar-refractivity contribution < 1.29 is 14.3 Å². The molecule has 0 radical (unpaired) electrons. The predicted molar refractivity (Wildman–Crippen MR) is 108 cm³/mol. The fourth-order valence-corrected chi connectivity index (χ4v) is 4.20. The molecule has 0 unspecified atom stereocenters. The Hall–Kier alpha value is -2.88. The topological polar surface area (TPSA) is 55.4 Å². The molecular formula is C24H25NO3. The van der Waals surface area contributed by atoms with Crippen molar-refractivity contribution in [1.29, 1.82) is 0 Å². The van der Waals surface area contributed by atoms with Gasteiger partial charge in [0, 0.05) is 30.0 Å². The van der Waals surface area contributed by atoms with E-state index < -0.39 is 0 Å². The second kappa shape index (κ2) is 7.27. The quantitative estimate of drug-likeness (QED) is 0.855. The van der Waals surface area contributed by atoms with Crippen molar-refractivity contribution in [2.45, 2.75) is 45.6 Å². The van der Waals surface area contributed by atoms with Gasteiger partial charge in [-0.15, -0.1) is 0 Å². The first-order chi connectivity index (χ1) is 13.4. The van der Waals surface area contributed by atoms with Gasteiger partial charge in [0.15, 0.2) is 5.78 Å². The summed E-state index contributed by atoms with van der Waals surface area (Å²) in [5.74, 6) is 0.669. The Morgan fingerprint density at radius 1 is 1.04 bits per heavy atom. The molecule has 2 aliphatic rings. The van der Waals surface area contributed by atoms with Crippen LogP contribution in [0.4, 0.5) is 0 Å². The molecule has 0 spiro atoms. The number of carbonyl (C=O) groups is 2. The van der Waals surface area contributed by atoms with Crippen LogP contribution in [0.25, 0.3) is 0 Å². The van der Waals surface area contributed by atoms with E-state index in [-0.39, 0.29) is 23.0 Å². The lowest BCUT2D eigenvalue weighted by atomic mass is 9.70. The van der Waals surface area contributed by atoms with Gasteiger partial charge in [-0.2, -0.15) is 0 Å². The number of benzene rings is 2. The molecule has 4 rings (SSSR count). The van der Waals surface area contributed by atoms with Gasteiger partial charge in [-0.05, 0) is 35.1 Å². The largest absolute Gasteiger partial charge is 0.489 e. The van der Waals surface area contributed by atoms with Gasteiger partial charge in [-0.1, -0.05) is 56.3 Å². The summed E-state index contributed by atoms with van der Waals surface area (Å²) in [5.41, 5.74) is 3.52. The number of allylic oxidation sites excluding steroid dienone is 2. The molecule has 0 bridgehead atoms. The second-order valence-electron chi connectivity index (χ2n) is 8.48. The number of Topliss-reactive ketones (excluding diaryl/α,β-unsaturated/α-hetero) is 1. The number of hydrogen-bond donors (Lipinski definition) is 1. The minimum absolute atomic E-state index is 0.0233. The van der Waals surface area contributed by atoms with Crippen LogP contribution in [0.3, 0.4) is 0 Å². The maximum atomic E-state index is 12.9. The Labute approximate surface area is 165 Å². The zero-order valence-corrected chi connectivity index (χ0v) is 16.3. The smallest absolute Gasteiger partial charge is 0.225 e. The first kappa shape index (κ1) is 18.5. The molecule has 1 N–H and O–H groups in total. The molecule has 4 heteroatoms. The summed E-state index contributed by atoms with van der Waals surface area (Å²) in [7, 11) is 0. The number of ketones is 1. The lowest BCUT2D eigenvalue weighted by molar-refractivity contribution is -0.122. The summed E-state index contributed by atoms with van der Waals surface area (Å²) in [6, 6.07) is 17.8. The van der Waals surface area contributed by atoms with Crippen molar-refractivity contribution >= 4 is 11.7 Å². The van der Waals surface area contributed by atoms with Gasteiger partial charge in [0.1, 0.15) is 12.4 Å². The summed E-state index contributed by atoms with van der Waals surface area (Å²) in [4.78, 5) is 25.2. The van der Waals surface area contributed by atoms with Crippen LogP contribution in [-0.4, -0.2) is 11.7 Å². The Bertz CT molecular complexity index is 943. The minimum atomic E-state index is -0.201. The molecule has 2 aromatic carbocycles. The molecule has 28 heavy (non-hydrogen) atoms. The van der Waals surface area contributed by atoms with E-state index in [0.29, 0.717) is 19.4 Å². The molecule has 0 saturated heterocycles. The number of ether oxygens (including phenoxy) is 1. The molecular weight excluding hydrogens is 350 g/mol. The van der Waals surface area contributed by atoms with E-state index in [1.165, 1.54) is 0 Å². The average molecular weight is 375 g/mol.